The zero-order chi connectivity index (χ0) is 23.1. The highest BCUT2D eigenvalue weighted by Gasteiger charge is 2.28. The molecule has 2 aliphatic rings. The molecule has 1 fully saturated rings. The van der Waals surface area contributed by atoms with Crippen LogP contribution in [0.4, 0.5) is 5.69 Å². The van der Waals surface area contributed by atoms with E-state index in [1.54, 1.807) is 0 Å². The second-order valence-electron chi connectivity index (χ2n) is 9.28. The molecule has 2 aromatic carbocycles. The number of anilines is 1. The smallest absolute Gasteiger partial charge is 0.253 e. The molecule has 0 bridgehead atoms. The van der Waals surface area contributed by atoms with Gasteiger partial charge in [0.2, 0.25) is 0 Å². The summed E-state index contributed by atoms with van der Waals surface area (Å²) in [7, 11) is 0. The van der Waals surface area contributed by atoms with E-state index >= 15 is 0 Å². The Balaban J connectivity index is 1.31. The summed E-state index contributed by atoms with van der Waals surface area (Å²) >= 11 is 0. The maximum absolute atomic E-state index is 13.2. The largest absolute Gasteiger partial charge is 0.365 e. The fraction of sp³-hybridized carbons (Fsp3) is 0.370. The average molecular weight is 443 g/mol. The van der Waals surface area contributed by atoms with Crippen LogP contribution in [0.3, 0.4) is 0 Å². The van der Waals surface area contributed by atoms with Gasteiger partial charge in [0.25, 0.3) is 5.91 Å². The van der Waals surface area contributed by atoms with Gasteiger partial charge in [-0.05, 0) is 75.6 Å². The van der Waals surface area contributed by atoms with Crippen LogP contribution < -0.4 is 4.90 Å². The zero-order valence-corrected chi connectivity index (χ0v) is 19.5. The van der Waals surface area contributed by atoms with Crippen molar-refractivity contribution in [2.24, 2.45) is 0 Å². The maximum atomic E-state index is 13.2. The van der Waals surface area contributed by atoms with Gasteiger partial charge >= 0.3 is 0 Å². The van der Waals surface area contributed by atoms with E-state index in [0.29, 0.717) is 25.1 Å². The molecule has 6 heteroatoms. The molecule has 0 spiro atoms. The molecule has 0 N–H and O–H groups in total. The molecular weight excluding hydrogens is 412 g/mol. The molecule has 2 heterocycles. The summed E-state index contributed by atoms with van der Waals surface area (Å²) in [4.78, 5) is 29.9. The van der Waals surface area contributed by atoms with Crippen molar-refractivity contribution in [1.29, 1.82) is 0 Å². The molecule has 5 rings (SSSR count). The minimum absolute atomic E-state index is 0.0612. The SMILES string of the molecule is Cc1cccc(N2CCN(C(=O)c3ccc(-n4nc(C)c5c4CCCC5=O)cc3)C[C@@H]2C)c1. The van der Waals surface area contributed by atoms with Gasteiger partial charge in [0.1, 0.15) is 0 Å². The second-order valence-corrected chi connectivity index (χ2v) is 9.28. The highest BCUT2D eigenvalue weighted by Crippen LogP contribution is 2.27. The van der Waals surface area contributed by atoms with Crippen LogP contribution in [0.15, 0.2) is 48.5 Å². The molecule has 33 heavy (non-hydrogen) atoms. The van der Waals surface area contributed by atoms with Gasteiger partial charge in [0, 0.05) is 43.3 Å². The molecule has 1 aliphatic carbocycles. The van der Waals surface area contributed by atoms with Crippen LogP contribution in [-0.4, -0.2) is 52.0 Å². The van der Waals surface area contributed by atoms with Crippen molar-refractivity contribution in [3.05, 3.63) is 76.6 Å². The lowest BCUT2D eigenvalue weighted by molar-refractivity contribution is 0.0726. The van der Waals surface area contributed by atoms with Crippen LogP contribution in [0.2, 0.25) is 0 Å². The van der Waals surface area contributed by atoms with Crippen LogP contribution in [0.1, 0.15) is 57.4 Å². The molecule has 6 nitrogen and oxygen atoms in total. The molecular formula is C27H30N4O2. The van der Waals surface area contributed by atoms with Gasteiger partial charge in [-0.25, -0.2) is 4.68 Å². The fourth-order valence-corrected chi connectivity index (χ4v) is 5.18. The number of hydrogen-bond donors (Lipinski definition) is 0. The predicted molar refractivity (Wildman–Crippen MR) is 129 cm³/mol. The number of aromatic nitrogens is 2. The maximum Gasteiger partial charge on any atom is 0.253 e. The van der Waals surface area contributed by atoms with Crippen molar-refractivity contribution in [2.75, 3.05) is 24.5 Å². The lowest BCUT2D eigenvalue weighted by Gasteiger charge is -2.41. The Bertz CT molecular complexity index is 1210. The molecule has 0 saturated carbocycles. The van der Waals surface area contributed by atoms with Gasteiger partial charge in [-0.2, -0.15) is 5.10 Å². The lowest BCUT2D eigenvalue weighted by atomic mass is 9.94. The molecule has 1 aliphatic heterocycles. The van der Waals surface area contributed by atoms with Gasteiger partial charge < -0.3 is 9.80 Å². The molecule has 1 amide bonds. The van der Waals surface area contributed by atoms with Gasteiger partial charge in [-0.1, -0.05) is 12.1 Å². The van der Waals surface area contributed by atoms with E-state index in [0.717, 1.165) is 42.0 Å². The third kappa shape index (κ3) is 3.94. The standard InChI is InChI=1S/C27H30N4O2/c1-18-6-4-7-23(16-18)30-15-14-29(17-19(30)2)27(33)21-10-12-22(13-11-21)31-24-8-5-9-25(32)26(24)20(3)28-31/h4,6-7,10-13,16,19H,5,8-9,14-15,17H2,1-3H3/t19-/m0/s1. The van der Waals surface area contributed by atoms with E-state index in [-0.39, 0.29) is 17.7 Å². The van der Waals surface area contributed by atoms with E-state index < -0.39 is 0 Å². The van der Waals surface area contributed by atoms with E-state index in [4.69, 9.17) is 0 Å². The summed E-state index contributed by atoms with van der Waals surface area (Å²) in [5.74, 6) is 0.247. The molecule has 170 valence electrons. The van der Waals surface area contributed by atoms with Gasteiger partial charge in [0.05, 0.1) is 22.6 Å². The first-order valence-electron chi connectivity index (χ1n) is 11.8. The van der Waals surface area contributed by atoms with E-state index in [1.165, 1.54) is 11.3 Å². The first-order chi connectivity index (χ1) is 15.9. The minimum atomic E-state index is 0.0612. The number of carbonyl (C=O) groups excluding carboxylic acids is 2. The number of hydrogen-bond acceptors (Lipinski definition) is 4. The molecule has 1 atom stereocenters. The Morgan fingerprint density at radius 2 is 1.79 bits per heavy atom. The van der Waals surface area contributed by atoms with Crippen molar-refractivity contribution in [3.8, 4) is 5.69 Å². The van der Waals surface area contributed by atoms with Crippen molar-refractivity contribution < 1.29 is 9.59 Å². The molecule has 1 aromatic heterocycles. The number of benzene rings is 2. The Hall–Kier alpha value is -3.41. The summed E-state index contributed by atoms with van der Waals surface area (Å²) in [6, 6.07) is 16.4. The van der Waals surface area contributed by atoms with E-state index in [2.05, 4.69) is 48.1 Å². The average Bonchev–Trinajstić information content (AvgIpc) is 3.16. The van der Waals surface area contributed by atoms with Crippen LogP contribution >= 0.6 is 0 Å². The third-order valence-electron chi connectivity index (χ3n) is 6.86. The number of Topliss-reactive ketones (excluding diaryl/α,β-unsaturated/α-hetero) is 1. The van der Waals surface area contributed by atoms with E-state index in [9.17, 15) is 9.59 Å². The highest BCUT2D eigenvalue weighted by atomic mass is 16.2. The molecule has 0 unspecified atom stereocenters. The van der Waals surface area contributed by atoms with Crippen LogP contribution in [0.25, 0.3) is 5.69 Å². The summed E-state index contributed by atoms with van der Waals surface area (Å²) in [6.45, 7) is 8.40. The zero-order valence-electron chi connectivity index (χ0n) is 19.5. The van der Waals surface area contributed by atoms with Crippen molar-refractivity contribution in [2.45, 2.75) is 46.1 Å². The Morgan fingerprint density at radius 1 is 1.00 bits per heavy atom. The van der Waals surface area contributed by atoms with Gasteiger partial charge in [0.15, 0.2) is 5.78 Å². The number of rotatable bonds is 3. The predicted octanol–water partition coefficient (Wildman–Crippen LogP) is 4.36. The Labute approximate surface area is 194 Å². The summed E-state index contributed by atoms with van der Waals surface area (Å²) in [5.41, 5.74) is 6.60. The lowest BCUT2D eigenvalue weighted by Crippen LogP contribution is -2.53. The second kappa shape index (κ2) is 8.50. The number of fused-ring (bicyclic) bond motifs is 1. The summed E-state index contributed by atoms with van der Waals surface area (Å²) < 4.78 is 1.87. The first kappa shape index (κ1) is 21.4. The summed E-state index contributed by atoms with van der Waals surface area (Å²) in [6.07, 6.45) is 2.31. The van der Waals surface area contributed by atoms with Crippen molar-refractivity contribution >= 4 is 17.4 Å². The third-order valence-corrected chi connectivity index (χ3v) is 6.86. The van der Waals surface area contributed by atoms with Crippen molar-refractivity contribution in [3.63, 3.8) is 0 Å². The first-order valence-corrected chi connectivity index (χ1v) is 11.8. The van der Waals surface area contributed by atoms with Gasteiger partial charge in [-0.3, -0.25) is 9.59 Å². The van der Waals surface area contributed by atoms with Crippen LogP contribution in [0.5, 0.6) is 0 Å². The van der Waals surface area contributed by atoms with Crippen LogP contribution in [-0.2, 0) is 6.42 Å². The number of ketones is 1. The number of nitrogens with zero attached hydrogens (tertiary/aromatic N) is 4. The number of aryl methyl sites for hydroxylation is 2. The molecule has 1 saturated heterocycles. The fourth-order valence-electron chi connectivity index (χ4n) is 5.18. The monoisotopic (exact) mass is 442 g/mol. The van der Waals surface area contributed by atoms with E-state index in [1.807, 2.05) is 40.8 Å². The van der Waals surface area contributed by atoms with Crippen molar-refractivity contribution in [1.82, 2.24) is 14.7 Å². The number of amides is 1. The minimum Gasteiger partial charge on any atom is -0.365 e. The Kier molecular flexibility index (Phi) is 5.52. The quantitative estimate of drug-likeness (QED) is 0.605. The van der Waals surface area contributed by atoms with Crippen LogP contribution in [0, 0.1) is 13.8 Å². The number of piperazine rings is 1. The normalized spacial score (nSPS) is 18.4. The molecule has 0 radical (unpaired) electrons. The number of carbonyl (C=O) groups is 2. The Morgan fingerprint density at radius 3 is 2.52 bits per heavy atom. The highest BCUT2D eigenvalue weighted by molar-refractivity contribution is 5.99. The van der Waals surface area contributed by atoms with Gasteiger partial charge in [-0.15, -0.1) is 0 Å². The topological polar surface area (TPSA) is 58.4 Å². The molecule has 3 aromatic rings. The summed E-state index contributed by atoms with van der Waals surface area (Å²) in [5, 5.41) is 4.63.